The molecule has 1 aliphatic rings. The molecule has 0 aromatic carbocycles. The fourth-order valence-electron chi connectivity index (χ4n) is 2.57. The summed E-state index contributed by atoms with van der Waals surface area (Å²) in [6.45, 7) is 12.6. The topological polar surface area (TPSA) is 59.6 Å². The normalized spacial score (nSPS) is 24.5. The molecule has 1 unspecified atom stereocenters. The Kier molecular flexibility index (Phi) is 4.07. The molecule has 0 amide bonds. The molecule has 4 nitrogen and oxygen atoms in total. The van der Waals surface area contributed by atoms with Crippen LogP contribution >= 0.6 is 0 Å². The summed E-state index contributed by atoms with van der Waals surface area (Å²) in [6.07, 6.45) is 0. The van der Waals surface area contributed by atoms with E-state index in [1.165, 1.54) is 0 Å². The van der Waals surface area contributed by atoms with Crippen LogP contribution in [0.25, 0.3) is 0 Å². The first-order valence-corrected chi connectivity index (χ1v) is 6.29. The fourth-order valence-corrected chi connectivity index (χ4v) is 2.57. The van der Waals surface area contributed by atoms with Crippen molar-refractivity contribution in [1.29, 1.82) is 0 Å². The summed E-state index contributed by atoms with van der Waals surface area (Å²) in [5.41, 5.74) is 6.58. The number of guanidine groups is 1. The van der Waals surface area contributed by atoms with Crippen LogP contribution in [0.5, 0.6) is 0 Å². The number of methoxy groups -OCH3 is 1. The van der Waals surface area contributed by atoms with Crippen LogP contribution in [-0.2, 0) is 4.74 Å². The van der Waals surface area contributed by atoms with Crippen LogP contribution in [-0.4, -0.2) is 32.3 Å². The van der Waals surface area contributed by atoms with E-state index in [0.717, 1.165) is 6.54 Å². The Morgan fingerprint density at radius 3 is 2.29 bits per heavy atom. The molecule has 3 N–H and O–H groups in total. The highest BCUT2D eigenvalue weighted by Gasteiger charge is 2.64. The summed E-state index contributed by atoms with van der Waals surface area (Å²) in [5.74, 6) is 1.14. The van der Waals surface area contributed by atoms with Crippen LogP contribution in [0.15, 0.2) is 4.99 Å². The summed E-state index contributed by atoms with van der Waals surface area (Å²) in [4.78, 5) is 4.43. The molecule has 0 aliphatic heterocycles. The fraction of sp³-hybridized carbons (Fsp3) is 0.923. The number of hydrogen-bond donors (Lipinski definition) is 2. The predicted molar refractivity (Wildman–Crippen MR) is 72.0 cm³/mol. The lowest BCUT2D eigenvalue weighted by Gasteiger charge is -2.13. The molecule has 0 heterocycles. The zero-order valence-corrected chi connectivity index (χ0v) is 12.0. The van der Waals surface area contributed by atoms with Gasteiger partial charge in [-0.2, -0.15) is 0 Å². The Hall–Kier alpha value is -0.770. The minimum Gasteiger partial charge on any atom is -0.383 e. The third-order valence-electron chi connectivity index (χ3n) is 4.57. The van der Waals surface area contributed by atoms with Gasteiger partial charge >= 0.3 is 0 Å². The van der Waals surface area contributed by atoms with Crippen molar-refractivity contribution in [2.24, 2.45) is 27.5 Å². The van der Waals surface area contributed by atoms with E-state index in [1.54, 1.807) is 7.11 Å². The Bertz CT molecular complexity index is 283. The van der Waals surface area contributed by atoms with E-state index >= 15 is 0 Å². The number of nitrogens with one attached hydrogen (secondary N) is 1. The maximum Gasteiger partial charge on any atom is 0.188 e. The highest BCUT2D eigenvalue weighted by atomic mass is 16.5. The minimum atomic E-state index is 0.198. The second kappa shape index (κ2) is 4.84. The molecular weight excluding hydrogens is 214 g/mol. The van der Waals surface area contributed by atoms with Gasteiger partial charge in [0, 0.05) is 19.7 Å². The van der Waals surface area contributed by atoms with Gasteiger partial charge in [0.2, 0.25) is 0 Å². The first kappa shape index (κ1) is 14.3. The van der Waals surface area contributed by atoms with E-state index in [4.69, 9.17) is 10.5 Å². The minimum absolute atomic E-state index is 0.198. The predicted octanol–water partition coefficient (Wildman–Crippen LogP) is 1.61. The Morgan fingerprint density at radius 1 is 1.35 bits per heavy atom. The third-order valence-corrected chi connectivity index (χ3v) is 4.57. The van der Waals surface area contributed by atoms with E-state index in [9.17, 15) is 0 Å². The molecule has 1 rings (SSSR count). The zero-order valence-electron chi connectivity index (χ0n) is 12.0. The number of ether oxygens (including phenoxy) is 1. The summed E-state index contributed by atoms with van der Waals surface area (Å²) >= 11 is 0. The molecular formula is C13H27N3O. The number of hydrogen-bond acceptors (Lipinski definition) is 2. The van der Waals surface area contributed by atoms with Crippen LogP contribution in [0.1, 0.15) is 34.6 Å². The van der Waals surface area contributed by atoms with Crippen LogP contribution < -0.4 is 11.1 Å². The summed E-state index contributed by atoms with van der Waals surface area (Å²) in [6, 6.07) is 0.198. The average Bonchev–Trinajstić information content (AvgIpc) is 2.55. The van der Waals surface area contributed by atoms with Crippen molar-refractivity contribution in [3.8, 4) is 0 Å². The van der Waals surface area contributed by atoms with Crippen molar-refractivity contribution < 1.29 is 4.74 Å². The first-order chi connectivity index (χ1) is 7.73. The highest BCUT2D eigenvalue weighted by molar-refractivity contribution is 5.78. The summed E-state index contributed by atoms with van der Waals surface area (Å²) < 4.78 is 5.04. The largest absolute Gasteiger partial charge is 0.383 e. The standard InChI is InChI=1S/C13H27N3O/c1-9(8-17-6)16-11(14)15-7-10-12(2,3)13(10,4)5/h9-10H,7-8H2,1-6H3,(H3,14,15,16). The van der Waals surface area contributed by atoms with E-state index in [1.807, 2.05) is 6.92 Å². The number of aliphatic imine (C=N–C) groups is 1. The first-order valence-electron chi connectivity index (χ1n) is 6.29. The van der Waals surface area contributed by atoms with Crippen molar-refractivity contribution in [1.82, 2.24) is 5.32 Å². The van der Waals surface area contributed by atoms with Gasteiger partial charge in [0.1, 0.15) is 0 Å². The molecule has 0 aromatic heterocycles. The summed E-state index contributed by atoms with van der Waals surface area (Å²) in [5, 5.41) is 3.12. The van der Waals surface area contributed by atoms with Crippen molar-refractivity contribution in [2.45, 2.75) is 40.7 Å². The zero-order chi connectivity index (χ0) is 13.3. The van der Waals surface area contributed by atoms with E-state index in [2.05, 4.69) is 38.0 Å². The van der Waals surface area contributed by atoms with Crippen LogP contribution in [0.4, 0.5) is 0 Å². The molecule has 1 atom stereocenters. The Morgan fingerprint density at radius 2 is 1.88 bits per heavy atom. The highest BCUT2D eigenvalue weighted by Crippen LogP contribution is 2.68. The van der Waals surface area contributed by atoms with Gasteiger partial charge in [0.05, 0.1) is 6.61 Å². The molecule has 0 bridgehead atoms. The smallest absolute Gasteiger partial charge is 0.188 e. The molecule has 0 spiro atoms. The Labute approximate surface area is 105 Å². The van der Waals surface area contributed by atoms with Crippen molar-refractivity contribution in [2.75, 3.05) is 20.3 Å². The van der Waals surface area contributed by atoms with Gasteiger partial charge in [-0.1, -0.05) is 27.7 Å². The van der Waals surface area contributed by atoms with Gasteiger partial charge in [0.15, 0.2) is 5.96 Å². The second-order valence-electron chi connectivity index (χ2n) is 6.22. The molecule has 4 heteroatoms. The monoisotopic (exact) mass is 241 g/mol. The lowest BCUT2D eigenvalue weighted by molar-refractivity contribution is 0.179. The molecule has 1 saturated carbocycles. The van der Waals surface area contributed by atoms with Gasteiger partial charge < -0.3 is 15.8 Å². The molecule has 0 saturated heterocycles. The lowest BCUT2D eigenvalue weighted by Crippen LogP contribution is -2.40. The van der Waals surface area contributed by atoms with E-state index < -0.39 is 0 Å². The van der Waals surface area contributed by atoms with E-state index in [0.29, 0.717) is 29.3 Å². The number of nitrogens with two attached hydrogens (primary N) is 1. The van der Waals surface area contributed by atoms with Crippen LogP contribution in [0.2, 0.25) is 0 Å². The van der Waals surface area contributed by atoms with Crippen molar-refractivity contribution >= 4 is 5.96 Å². The van der Waals surface area contributed by atoms with E-state index in [-0.39, 0.29) is 6.04 Å². The Balaban J connectivity index is 2.40. The van der Waals surface area contributed by atoms with Gasteiger partial charge in [0.25, 0.3) is 0 Å². The quantitative estimate of drug-likeness (QED) is 0.568. The third kappa shape index (κ3) is 2.92. The maximum atomic E-state index is 5.84. The second-order valence-corrected chi connectivity index (χ2v) is 6.22. The van der Waals surface area contributed by atoms with Gasteiger partial charge in [-0.3, -0.25) is 4.99 Å². The molecule has 0 aromatic rings. The molecule has 100 valence electrons. The van der Waals surface area contributed by atoms with Crippen LogP contribution in [0, 0.1) is 16.7 Å². The molecule has 1 aliphatic carbocycles. The maximum absolute atomic E-state index is 5.84. The SMILES string of the molecule is COCC(C)NC(N)=NCC1C(C)(C)C1(C)C. The molecule has 1 fully saturated rings. The van der Waals surface area contributed by atoms with Gasteiger partial charge in [-0.05, 0) is 23.7 Å². The molecule has 17 heavy (non-hydrogen) atoms. The van der Waals surface area contributed by atoms with Gasteiger partial charge in [-0.15, -0.1) is 0 Å². The lowest BCUT2D eigenvalue weighted by atomic mass is 10.0. The number of rotatable bonds is 5. The van der Waals surface area contributed by atoms with Gasteiger partial charge in [-0.25, -0.2) is 0 Å². The summed E-state index contributed by atoms with van der Waals surface area (Å²) in [7, 11) is 1.68. The van der Waals surface area contributed by atoms with Crippen LogP contribution in [0.3, 0.4) is 0 Å². The average molecular weight is 241 g/mol. The number of nitrogens with zero attached hydrogens (tertiary/aromatic N) is 1. The van der Waals surface area contributed by atoms with Crippen molar-refractivity contribution in [3.05, 3.63) is 0 Å². The molecule has 0 radical (unpaired) electrons. The van der Waals surface area contributed by atoms with Crippen molar-refractivity contribution in [3.63, 3.8) is 0 Å².